The molecule has 0 unspecified atom stereocenters. The SMILES string of the molecule is CNC(=O)C1CCN(C(=O)c2cc(Cl)c3c(c2)OCCO3)CC1. The molecule has 7 heteroatoms. The first-order valence-electron chi connectivity index (χ1n) is 7.70. The molecular weight excluding hydrogens is 320 g/mol. The highest BCUT2D eigenvalue weighted by atomic mass is 35.5. The van der Waals surface area contributed by atoms with Crippen LogP contribution in [0.5, 0.6) is 11.5 Å². The van der Waals surface area contributed by atoms with Crippen molar-refractivity contribution in [3.8, 4) is 11.5 Å². The molecule has 2 aliphatic rings. The van der Waals surface area contributed by atoms with Gasteiger partial charge in [0.2, 0.25) is 5.91 Å². The third-order valence-corrected chi connectivity index (χ3v) is 4.52. The van der Waals surface area contributed by atoms with Crippen LogP contribution in [0.15, 0.2) is 12.1 Å². The fourth-order valence-electron chi connectivity index (χ4n) is 2.97. The quantitative estimate of drug-likeness (QED) is 0.891. The fourth-order valence-corrected chi connectivity index (χ4v) is 3.23. The number of likely N-dealkylation sites (tertiary alicyclic amines) is 1. The molecule has 1 N–H and O–H groups in total. The Morgan fingerprint density at radius 2 is 1.91 bits per heavy atom. The largest absolute Gasteiger partial charge is 0.486 e. The zero-order chi connectivity index (χ0) is 16.4. The van der Waals surface area contributed by atoms with Crippen molar-refractivity contribution >= 4 is 23.4 Å². The van der Waals surface area contributed by atoms with E-state index in [1.54, 1.807) is 24.1 Å². The van der Waals surface area contributed by atoms with Gasteiger partial charge < -0.3 is 19.7 Å². The Morgan fingerprint density at radius 1 is 1.22 bits per heavy atom. The average molecular weight is 339 g/mol. The van der Waals surface area contributed by atoms with Crippen LogP contribution in [0.1, 0.15) is 23.2 Å². The van der Waals surface area contributed by atoms with E-state index >= 15 is 0 Å². The minimum atomic E-state index is -0.0979. The summed E-state index contributed by atoms with van der Waals surface area (Å²) in [6, 6.07) is 3.29. The highest BCUT2D eigenvalue weighted by Crippen LogP contribution is 2.38. The van der Waals surface area contributed by atoms with Gasteiger partial charge in [-0.3, -0.25) is 9.59 Å². The van der Waals surface area contributed by atoms with E-state index in [0.29, 0.717) is 61.2 Å². The lowest BCUT2D eigenvalue weighted by Crippen LogP contribution is -2.42. The van der Waals surface area contributed by atoms with Gasteiger partial charge in [-0.05, 0) is 25.0 Å². The number of benzene rings is 1. The van der Waals surface area contributed by atoms with Crippen molar-refractivity contribution in [2.24, 2.45) is 5.92 Å². The molecule has 1 aromatic carbocycles. The van der Waals surface area contributed by atoms with E-state index in [4.69, 9.17) is 21.1 Å². The molecule has 0 saturated carbocycles. The van der Waals surface area contributed by atoms with Crippen LogP contribution in [0.3, 0.4) is 0 Å². The average Bonchev–Trinajstić information content (AvgIpc) is 2.60. The number of rotatable bonds is 2. The molecule has 0 bridgehead atoms. The Bertz CT molecular complexity index is 627. The van der Waals surface area contributed by atoms with Gasteiger partial charge >= 0.3 is 0 Å². The van der Waals surface area contributed by atoms with Crippen LogP contribution in [0.2, 0.25) is 5.02 Å². The second kappa shape index (κ2) is 6.66. The Balaban J connectivity index is 1.72. The van der Waals surface area contributed by atoms with Crippen molar-refractivity contribution in [1.82, 2.24) is 10.2 Å². The molecule has 1 fully saturated rings. The van der Waals surface area contributed by atoms with Gasteiger partial charge in [-0.1, -0.05) is 11.6 Å². The molecule has 0 aliphatic carbocycles. The summed E-state index contributed by atoms with van der Waals surface area (Å²) in [7, 11) is 1.64. The van der Waals surface area contributed by atoms with Crippen molar-refractivity contribution in [2.45, 2.75) is 12.8 Å². The number of ether oxygens (including phenoxy) is 2. The summed E-state index contributed by atoms with van der Waals surface area (Å²) in [6.45, 7) is 2.01. The second-order valence-corrected chi connectivity index (χ2v) is 6.07. The summed E-state index contributed by atoms with van der Waals surface area (Å²) in [6.07, 6.45) is 1.34. The monoisotopic (exact) mass is 338 g/mol. The Labute approximate surface area is 139 Å². The Morgan fingerprint density at radius 3 is 2.61 bits per heavy atom. The molecule has 0 atom stereocenters. The summed E-state index contributed by atoms with van der Waals surface area (Å²) < 4.78 is 11.0. The third-order valence-electron chi connectivity index (χ3n) is 4.24. The molecule has 1 aromatic rings. The first-order valence-corrected chi connectivity index (χ1v) is 8.08. The van der Waals surface area contributed by atoms with Gasteiger partial charge in [0.25, 0.3) is 5.91 Å². The van der Waals surface area contributed by atoms with Crippen LogP contribution < -0.4 is 14.8 Å². The van der Waals surface area contributed by atoms with E-state index in [2.05, 4.69) is 5.32 Å². The molecule has 3 rings (SSSR count). The van der Waals surface area contributed by atoms with Crippen LogP contribution >= 0.6 is 11.6 Å². The maximum Gasteiger partial charge on any atom is 0.254 e. The number of nitrogens with one attached hydrogen (secondary N) is 1. The zero-order valence-corrected chi connectivity index (χ0v) is 13.7. The van der Waals surface area contributed by atoms with Gasteiger partial charge in [0, 0.05) is 31.6 Å². The highest BCUT2D eigenvalue weighted by molar-refractivity contribution is 6.32. The van der Waals surface area contributed by atoms with Crippen LogP contribution in [-0.2, 0) is 4.79 Å². The molecular formula is C16H19ClN2O4. The molecule has 2 amide bonds. The summed E-state index contributed by atoms with van der Waals surface area (Å²) in [5, 5.41) is 3.04. The minimum absolute atomic E-state index is 0.0205. The first-order chi connectivity index (χ1) is 11.1. The predicted octanol–water partition coefficient (Wildman–Crippen LogP) is 1.71. The number of piperidine rings is 1. The maximum atomic E-state index is 12.7. The van der Waals surface area contributed by atoms with Crippen LogP contribution in [-0.4, -0.2) is 50.1 Å². The molecule has 124 valence electrons. The van der Waals surface area contributed by atoms with Gasteiger partial charge in [0.15, 0.2) is 11.5 Å². The van der Waals surface area contributed by atoms with Gasteiger partial charge in [-0.15, -0.1) is 0 Å². The number of nitrogens with zero attached hydrogens (tertiary/aromatic N) is 1. The predicted molar refractivity (Wildman–Crippen MR) is 85.1 cm³/mol. The standard InChI is InChI=1S/C16H19ClN2O4/c1-18-15(20)10-2-4-19(5-3-10)16(21)11-8-12(17)14-13(9-11)22-6-7-23-14/h8-10H,2-7H2,1H3,(H,18,20). The lowest BCUT2D eigenvalue weighted by atomic mass is 9.95. The van der Waals surface area contributed by atoms with E-state index in [1.807, 2.05) is 0 Å². The number of halogens is 1. The van der Waals surface area contributed by atoms with Gasteiger partial charge in [0.1, 0.15) is 13.2 Å². The van der Waals surface area contributed by atoms with Crippen molar-refractivity contribution in [2.75, 3.05) is 33.4 Å². The zero-order valence-electron chi connectivity index (χ0n) is 12.9. The molecule has 23 heavy (non-hydrogen) atoms. The number of hydrogen-bond donors (Lipinski definition) is 1. The lowest BCUT2D eigenvalue weighted by molar-refractivity contribution is -0.125. The normalized spacial score (nSPS) is 17.7. The number of hydrogen-bond acceptors (Lipinski definition) is 4. The molecule has 2 aliphatic heterocycles. The van der Waals surface area contributed by atoms with Crippen molar-refractivity contribution in [3.63, 3.8) is 0 Å². The number of fused-ring (bicyclic) bond motifs is 1. The van der Waals surface area contributed by atoms with E-state index < -0.39 is 0 Å². The first kappa shape index (κ1) is 15.9. The van der Waals surface area contributed by atoms with Gasteiger partial charge in [-0.2, -0.15) is 0 Å². The number of carbonyl (C=O) groups excluding carboxylic acids is 2. The van der Waals surface area contributed by atoms with Crippen molar-refractivity contribution < 1.29 is 19.1 Å². The van der Waals surface area contributed by atoms with Crippen molar-refractivity contribution in [1.29, 1.82) is 0 Å². The number of amides is 2. The molecule has 0 spiro atoms. The topological polar surface area (TPSA) is 67.9 Å². The number of carbonyl (C=O) groups is 2. The highest BCUT2D eigenvalue weighted by Gasteiger charge is 2.28. The maximum absolute atomic E-state index is 12.7. The summed E-state index contributed by atoms with van der Waals surface area (Å²) in [5.41, 5.74) is 0.484. The molecule has 2 heterocycles. The Kier molecular flexibility index (Phi) is 4.61. The smallest absolute Gasteiger partial charge is 0.254 e. The van der Waals surface area contributed by atoms with Crippen LogP contribution in [0, 0.1) is 5.92 Å². The van der Waals surface area contributed by atoms with Gasteiger partial charge in [-0.25, -0.2) is 0 Å². The second-order valence-electron chi connectivity index (χ2n) is 5.66. The van der Waals surface area contributed by atoms with Crippen LogP contribution in [0.4, 0.5) is 0 Å². The van der Waals surface area contributed by atoms with E-state index in [-0.39, 0.29) is 17.7 Å². The summed E-state index contributed by atoms with van der Waals surface area (Å²) in [5.74, 6) is 0.923. The molecule has 6 nitrogen and oxygen atoms in total. The van der Waals surface area contributed by atoms with Crippen LogP contribution in [0.25, 0.3) is 0 Å². The van der Waals surface area contributed by atoms with Crippen molar-refractivity contribution in [3.05, 3.63) is 22.7 Å². The van der Waals surface area contributed by atoms with E-state index in [9.17, 15) is 9.59 Å². The third kappa shape index (κ3) is 3.22. The summed E-state index contributed by atoms with van der Waals surface area (Å²) >= 11 is 6.19. The minimum Gasteiger partial charge on any atom is -0.486 e. The van der Waals surface area contributed by atoms with Gasteiger partial charge in [0.05, 0.1) is 5.02 Å². The summed E-state index contributed by atoms with van der Waals surface area (Å²) in [4.78, 5) is 26.1. The lowest BCUT2D eigenvalue weighted by Gasteiger charge is -2.31. The molecule has 0 radical (unpaired) electrons. The van der Waals surface area contributed by atoms with E-state index in [1.165, 1.54) is 0 Å². The fraction of sp³-hybridized carbons (Fsp3) is 0.500. The molecule has 1 saturated heterocycles. The van der Waals surface area contributed by atoms with E-state index in [0.717, 1.165) is 0 Å². The molecule has 0 aromatic heterocycles. The Hall–Kier alpha value is -1.95.